The number of amides is 2. The number of benzene rings is 1. The Kier molecular flexibility index (Phi) is 13.2. The highest BCUT2D eigenvalue weighted by molar-refractivity contribution is 5.94. The third-order valence-corrected chi connectivity index (χ3v) is 11.5. The van der Waals surface area contributed by atoms with Gasteiger partial charge in [-0.05, 0) is 30.0 Å². The summed E-state index contributed by atoms with van der Waals surface area (Å²) >= 11 is 0. The summed E-state index contributed by atoms with van der Waals surface area (Å²) in [6.07, 6.45) is 6.29. The number of carbonyl (C=O) groups is 5. The third-order valence-electron chi connectivity index (χ3n) is 11.5. The summed E-state index contributed by atoms with van der Waals surface area (Å²) < 4.78 is 30.3. The van der Waals surface area contributed by atoms with Crippen LogP contribution in [0, 0.1) is 10.8 Å². The molecule has 7 atom stereocenters. The predicted octanol–water partition coefficient (Wildman–Crippen LogP) is 3.25. The second kappa shape index (κ2) is 17.7. The monoisotopic (exact) mass is 783 g/mol. The van der Waals surface area contributed by atoms with Crippen molar-refractivity contribution in [1.82, 2.24) is 15.7 Å². The summed E-state index contributed by atoms with van der Waals surface area (Å²) in [6, 6.07) is 6.13. The first kappa shape index (κ1) is 41.7. The van der Waals surface area contributed by atoms with Crippen molar-refractivity contribution in [3.63, 3.8) is 0 Å². The minimum atomic E-state index is -1.39. The first-order valence-electron chi connectivity index (χ1n) is 20.2. The van der Waals surface area contributed by atoms with E-state index in [0.717, 1.165) is 44.1 Å². The Morgan fingerprint density at radius 3 is 2.29 bits per heavy atom. The average Bonchev–Trinajstić information content (AvgIpc) is 3.81. The Hall–Kier alpha value is -3.89. The molecule has 0 spiro atoms. The Balaban J connectivity index is 1.22. The Bertz CT molecular complexity index is 1620. The minimum absolute atomic E-state index is 0.0111. The number of hydroxylamine groups is 2. The van der Waals surface area contributed by atoms with Crippen molar-refractivity contribution < 1.29 is 57.6 Å². The second-order valence-electron chi connectivity index (χ2n) is 16.3. The maximum absolute atomic E-state index is 14.5. The smallest absolute Gasteiger partial charge is 0.348 e. The fourth-order valence-electron chi connectivity index (χ4n) is 8.60. The van der Waals surface area contributed by atoms with Crippen LogP contribution < -0.4 is 10.6 Å². The molecule has 1 saturated carbocycles. The molecule has 1 aromatic carbocycles. The first-order valence-corrected chi connectivity index (χ1v) is 20.2. The lowest BCUT2D eigenvalue weighted by molar-refractivity contribution is -0.224. The number of nitrogens with one attached hydrogen (secondary N) is 2. The summed E-state index contributed by atoms with van der Waals surface area (Å²) in [7, 11) is 0. The summed E-state index contributed by atoms with van der Waals surface area (Å²) in [5, 5.41) is 16.1. The zero-order chi connectivity index (χ0) is 40.1. The normalized spacial score (nSPS) is 29.8. The van der Waals surface area contributed by atoms with Crippen molar-refractivity contribution in [2.24, 2.45) is 10.8 Å². The zero-order valence-electron chi connectivity index (χ0n) is 32.9. The topological polar surface area (TPSA) is 188 Å². The summed E-state index contributed by atoms with van der Waals surface area (Å²) in [6.45, 7) is 8.10. The van der Waals surface area contributed by atoms with Gasteiger partial charge in [0.2, 0.25) is 17.9 Å². The van der Waals surface area contributed by atoms with E-state index < -0.39 is 77.0 Å². The molecule has 6 rings (SSSR count). The molecular formula is C41H57N3O12. The number of cyclic esters (lactones) is 1. The van der Waals surface area contributed by atoms with Crippen molar-refractivity contribution in [3.8, 4) is 0 Å². The molecule has 1 aliphatic carbocycles. The first-order chi connectivity index (χ1) is 26.9. The summed E-state index contributed by atoms with van der Waals surface area (Å²) in [5.41, 5.74) is -0.559. The molecule has 4 aliphatic heterocycles. The second-order valence-corrected chi connectivity index (χ2v) is 16.3. The van der Waals surface area contributed by atoms with Crippen LogP contribution in [0.2, 0.25) is 0 Å². The van der Waals surface area contributed by atoms with E-state index in [1.54, 1.807) is 32.1 Å². The van der Waals surface area contributed by atoms with E-state index >= 15 is 0 Å². The van der Waals surface area contributed by atoms with E-state index in [1.807, 2.05) is 12.1 Å². The maximum atomic E-state index is 14.5. The molecule has 1 aromatic rings. The predicted molar refractivity (Wildman–Crippen MR) is 200 cm³/mol. The number of rotatable bonds is 19. The van der Waals surface area contributed by atoms with Crippen molar-refractivity contribution in [2.45, 2.75) is 141 Å². The average molecular weight is 784 g/mol. The van der Waals surface area contributed by atoms with Crippen LogP contribution >= 0.6 is 0 Å². The molecule has 5 aliphatic rings. The van der Waals surface area contributed by atoms with Crippen LogP contribution in [0.1, 0.15) is 103 Å². The molecular weight excluding hydrogens is 726 g/mol. The highest BCUT2D eigenvalue weighted by Crippen LogP contribution is 2.58. The van der Waals surface area contributed by atoms with Gasteiger partial charge in [-0.2, -0.15) is 5.06 Å². The van der Waals surface area contributed by atoms with Gasteiger partial charge in [0.15, 0.2) is 11.8 Å². The van der Waals surface area contributed by atoms with Crippen LogP contribution in [-0.4, -0.2) is 109 Å². The van der Waals surface area contributed by atoms with Crippen LogP contribution in [0.15, 0.2) is 30.3 Å². The van der Waals surface area contributed by atoms with E-state index in [4.69, 9.17) is 33.6 Å². The summed E-state index contributed by atoms with van der Waals surface area (Å²) in [5.74, 6) is -3.47. The number of esters is 3. The standard InChI is InChI=1S/C41H57N3O12/c1-5-7-9-18-40(19-10-8-6-2)54-31-28-23-41(38(50)43-20-17-29(46)42-21-22-45)33(36(48)52-28)44(56-34(41)32(31)55-40)24-27-13-11-26(12-14-27)15-16-30(47)53-35-37(49)51-25-39(35,3)4/h11-16,28,31-35,45H,5-10,17-25H2,1-4H3,(H,42,46)(H,43,50)/t28-,31+,32+,33-,34-,35+,41-/m1/s1. The zero-order valence-corrected chi connectivity index (χ0v) is 32.9. The maximum Gasteiger partial charge on any atom is 0.348 e. The van der Waals surface area contributed by atoms with Crippen LogP contribution in [-0.2, 0) is 59.0 Å². The van der Waals surface area contributed by atoms with Gasteiger partial charge < -0.3 is 39.4 Å². The quantitative estimate of drug-likeness (QED) is 0.0804. The molecule has 0 radical (unpaired) electrons. The SMILES string of the molecule is CCCCCC1(CCCCC)O[C@@H]2[C@H](O1)[C@H]1ON(Cc3ccc(C=CC(=O)O[C@H]4C(=O)OCC4(C)C)cc3)[C@@H]3C(=O)O[C@@H]2C[C@]13C(=O)NCCC(=O)NCCO. The number of aliphatic hydroxyl groups excluding tert-OH is 1. The van der Waals surface area contributed by atoms with Gasteiger partial charge in [0.1, 0.15) is 36.4 Å². The highest BCUT2D eigenvalue weighted by atomic mass is 16.8. The van der Waals surface area contributed by atoms with E-state index in [9.17, 15) is 24.0 Å². The molecule has 15 heteroatoms. The molecule has 0 aromatic heterocycles. The third kappa shape index (κ3) is 8.66. The van der Waals surface area contributed by atoms with E-state index in [-0.39, 0.29) is 51.6 Å². The number of hydrogen-bond donors (Lipinski definition) is 3. The lowest BCUT2D eigenvalue weighted by atomic mass is 9.62. The number of ether oxygens (including phenoxy) is 5. The number of carbonyl (C=O) groups excluding carboxylic acids is 5. The summed E-state index contributed by atoms with van der Waals surface area (Å²) in [4.78, 5) is 72.1. The number of aliphatic hydroxyl groups is 1. The molecule has 56 heavy (non-hydrogen) atoms. The Morgan fingerprint density at radius 2 is 1.64 bits per heavy atom. The molecule has 5 fully saturated rings. The minimum Gasteiger partial charge on any atom is -0.462 e. The molecule has 4 saturated heterocycles. The van der Waals surface area contributed by atoms with Gasteiger partial charge in [0.05, 0.1) is 13.2 Å². The molecule has 2 bridgehead atoms. The Labute approximate surface area is 328 Å². The van der Waals surface area contributed by atoms with E-state index in [0.29, 0.717) is 18.4 Å². The van der Waals surface area contributed by atoms with Gasteiger partial charge in [-0.25, -0.2) is 9.59 Å². The highest BCUT2D eigenvalue weighted by Gasteiger charge is 2.76. The van der Waals surface area contributed by atoms with Gasteiger partial charge in [-0.3, -0.25) is 19.2 Å². The number of unbranched alkanes of at least 4 members (excludes halogenated alkanes) is 4. The van der Waals surface area contributed by atoms with Gasteiger partial charge in [-0.1, -0.05) is 77.6 Å². The number of nitrogens with zero attached hydrogens (tertiary/aromatic N) is 1. The fraction of sp³-hybridized carbons (Fsp3) is 0.683. The van der Waals surface area contributed by atoms with Gasteiger partial charge >= 0.3 is 17.9 Å². The molecule has 3 N–H and O–H groups in total. The van der Waals surface area contributed by atoms with E-state index in [2.05, 4.69) is 24.5 Å². The largest absolute Gasteiger partial charge is 0.462 e. The van der Waals surface area contributed by atoms with Crippen molar-refractivity contribution in [3.05, 3.63) is 41.5 Å². The lowest BCUT2D eigenvalue weighted by Crippen LogP contribution is -2.69. The van der Waals surface area contributed by atoms with Crippen LogP contribution in [0.4, 0.5) is 0 Å². The van der Waals surface area contributed by atoms with Crippen LogP contribution in [0.3, 0.4) is 0 Å². The molecule has 4 heterocycles. The fourth-order valence-corrected chi connectivity index (χ4v) is 8.60. The van der Waals surface area contributed by atoms with Crippen molar-refractivity contribution in [1.29, 1.82) is 0 Å². The molecule has 308 valence electrons. The molecule has 15 nitrogen and oxygen atoms in total. The number of fused-ring (bicyclic) bond motifs is 4. The van der Waals surface area contributed by atoms with Crippen LogP contribution in [0.25, 0.3) is 6.08 Å². The number of hydrogen-bond acceptors (Lipinski definition) is 13. The lowest BCUT2D eigenvalue weighted by Gasteiger charge is -2.48. The van der Waals surface area contributed by atoms with E-state index in [1.165, 1.54) is 11.1 Å². The van der Waals surface area contributed by atoms with Crippen molar-refractivity contribution >= 4 is 35.8 Å². The molecule has 2 amide bonds. The Morgan fingerprint density at radius 1 is 0.946 bits per heavy atom. The molecule has 0 unspecified atom stereocenters. The van der Waals surface area contributed by atoms with Gasteiger partial charge in [0.25, 0.3) is 0 Å². The van der Waals surface area contributed by atoms with Gasteiger partial charge in [-0.15, -0.1) is 0 Å². The van der Waals surface area contributed by atoms with Gasteiger partial charge in [0, 0.05) is 50.3 Å². The van der Waals surface area contributed by atoms with Crippen LogP contribution in [0.5, 0.6) is 0 Å². The van der Waals surface area contributed by atoms with Crippen molar-refractivity contribution in [2.75, 3.05) is 26.3 Å².